The summed E-state index contributed by atoms with van der Waals surface area (Å²) in [5.74, 6) is 0.846. The Hall–Kier alpha value is -1.41. The Bertz CT molecular complexity index is 607. The summed E-state index contributed by atoms with van der Waals surface area (Å²) in [5, 5.41) is 11.1. The average Bonchev–Trinajstić information content (AvgIpc) is 3.32. The van der Waals surface area contributed by atoms with Crippen molar-refractivity contribution in [3.05, 3.63) is 44.8 Å². The fraction of sp³-hybridized carbons (Fsp3) is 0.471. The second kappa shape index (κ2) is 9.17. The second-order valence-corrected chi connectivity index (χ2v) is 7.58. The third-order valence-corrected chi connectivity index (χ3v) is 5.90. The van der Waals surface area contributed by atoms with Crippen LogP contribution in [0.4, 0.5) is 0 Å². The number of hydrogen-bond donors (Lipinski definition) is 2. The Kier molecular flexibility index (Phi) is 6.66. The van der Waals surface area contributed by atoms with Gasteiger partial charge in [-0.05, 0) is 22.9 Å². The molecular formula is C17H24N4OS2. The maximum absolute atomic E-state index is 5.50. The number of hydrogen-bond acceptors (Lipinski definition) is 5. The van der Waals surface area contributed by atoms with Crippen molar-refractivity contribution in [3.63, 3.8) is 0 Å². The van der Waals surface area contributed by atoms with Crippen LogP contribution in [0.3, 0.4) is 0 Å². The number of guanidine groups is 1. The van der Waals surface area contributed by atoms with E-state index in [1.54, 1.807) is 11.3 Å². The molecule has 5 nitrogen and oxygen atoms in total. The van der Waals surface area contributed by atoms with E-state index in [2.05, 4.69) is 55.6 Å². The lowest BCUT2D eigenvalue weighted by Crippen LogP contribution is -2.45. The van der Waals surface area contributed by atoms with E-state index < -0.39 is 0 Å². The van der Waals surface area contributed by atoms with Crippen LogP contribution in [-0.4, -0.2) is 50.8 Å². The fourth-order valence-electron chi connectivity index (χ4n) is 2.78. The first kappa shape index (κ1) is 17.4. The summed E-state index contributed by atoms with van der Waals surface area (Å²) < 4.78 is 5.50. The highest BCUT2D eigenvalue weighted by molar-refractivity contribution is 7.10. The number of nitrogens with zero attached hydrogens (tertiary/aromatic N) is 2. The summed E-state index contributed by atoms with van der Waals surface area (Å²) >= 11 is 3.57. The van der Waals surface area contributed by atoms with E-state index in [0.29, 0.717) is 6.04 Å². The fourth-order valence-corrected chi connectivity index (χ4v) is 4.28. The topological polar surface area (TPSA) is 48.9 Å². The van der Waals surface area contributed by atoms with Gasteiger partial charge in [-0.15, -0.1) is 22.7 Å². The van der Waals surface area contributed by atoms with Crippen molar-refractivity contribution in [1.29, 1.82) is 0 Å². The first-order valence-corrected chi connectivity index (χ1v) is 9.95. The van der Waals surface area contributed by atoms with E-state index in [-0.39, 0.29) is 0 Å². The minimum atomic E-state index is 0.356. The third-order valence-electron chi connectivity index (χ3n) is 4.05. The molecule has 1 atom stereocenters. The monoisotopic (exact) mass is 364 g/mol. The highest BCUT2D eigenvalue weighted by Gasteiger charge is 2.23. The van der Waals surface area contributed by atoms with Crippen molar-refractivity contribution in [2.45, 2.75) is 12.6 Å². The van der Waals surface area contributed by atoms with Gasteiger partial charge in [-0.1, -0.05) is 12.1 Å². The molecule has 0 radical (unpaired) electrons. The summed E-state index contributed by atoms with van der Waals surface area (Å²) in [7, 11) is 1.82. The van der Waals surface area contributed by atoms with E-state index in [1.807, 2.05) is 18.4 Å². The zero-order valence-corrected chi connectivity index (χ0v) is 15.5. The first-order valence-electron chi connectivity index (χ1n) is 8.19. The van der Waals surface area contributed by atoms with E-state index in [0.717, 1.165) is 45.4 Å². The van der Waals surface area contributed by atoms with Crippen LogP contribution >= 0.6 is 22.7 Å². The highest BCUT2D eigenvalue weighted by Crippen LogP contribution is 2.25. The van der Waals surface area contributed by atoms with Crippen LogP contribution in [0.1, 0.15) is 15.8 Å². The Morgan fingerprint density at radius 2 is 2.00 bits per heavy atom. The molecule has 0 amide bonds. The Balaban J connectivity index is 1.57. The maximum Gasteiger partial charge on any atom is 0.191 e. The molecule has 2 N–H and O–H groups in total. The first-order chi connectivity index (χ1) is 11.9. The Labute approximate surface area is 151 Å². The van der Waals surface area contributed by atoms with E-state index in [4.69, 9.17) is 4.74 Å². The van der Waals surface area contributed by atoms with Crippen LogP contribution in [0, 0.1) is 0 Å². The van der Waals surface area contributed by atoms with Gasteiger partial charge in [0, 0.05) is 36.4 Å². The molecule has 0 aromatic carbocycles. The number of thiophene rings is 2. The molecule has 1 saturated heterocycles. The van der Waals surface area contributed by atoms with Crippen LogP contribution in [0.25, 0.3) is 0 Å². The molecule has 7 heteroatoms. The van der Waals surface area contributed by atoms with Crippen molar-refractivity contribution in [3.8, 4) is 0 Å². The minimum Gasteiger partial charge on any atom is -0.379 e. The molecular weight excluding hydrogens is 340 g/mol. The lowest BCUT2D eigenvalue weighted by atomic mass is 10.2. The molecule has 24 heavy (non-hydrogen) atoms. The molecule has 0 aliphatic carbocycles. The SMILES string of the molecule is CN=C(NCc1cccs1)NCC(c1cccs1)N1CCOCC1. The van der Waals surface area contributed by atoms with Crippen LogP contribution < -0.4 is 10.6 Å². The number of aliphatic imine (C=N–C) groups is 1. The molecule has 130 valence electrons. The molecule has 0 saturated carbocycles. The number of ether oxygens (including phenoxy) is 1. The molecule has 0 spiro atoms. The van der Waals surface area contributed by atoms with Gasteiger partial charge in [0.1, 0.15) is 0 Å². The third kappa shape index (κ3) is 4.80. The van der Waals surface area contributed by atoms with Crippen molar-refractivity contribution in [2.75, 3.05) is 39.9 Å². The molecule has 1 fully saturated rings. The number of nitrogens with one attached hydrogen (secondary N) is 2. The molecule has 1 unspecified atom stereocenters. The van der Waals surface area contributed by atoms with Gasteiger partial charge in [-0.25, -0.2) is 0 Å². The summed E-state index contributed by atoms with van der Waals surface area (Å²) in [5.41, 5.74) is 0. The minimum absolute atomic E-state index is 0.356. The van der Waals surface area contributed by atoms with Gasteiger partial charge in [-0.3, -0.25) is 9.89 Å². The summed E-state index contributed by atoms with van der Waals surface area (Å²) in [6, 6.07) is 8.90. The smallest absolute Gasteiger partial charge is 0.191 e. The molecule has 1 aliphatic heterocycles. The summed E-state index contributed by atoms with van der Waals surface area (Å²) in [6.07, 6.45) is 0. The Morgan fingerprint density at radius 1 is 1.21 bits per heavy atom. The van der Waals surface area contributed by atoms with Crippen LogP contribution in [0.2, 0.25) is 0 Å². The predicted octanol–water partition coefficient (Wildman–Crippen LogP) is 2.55. The second-order valence-electron chi connectivity index (χ2n) is 5.57. The largest absolute Gasteiger partial charge is 0.379 e. The average molecular weight is 365 g/mol. The van der Waals surface area contributed by atoms with E-state index >= 15 is 0 Å². The molecule has 2 aromatic rings. The van der Waals surface area contributed by atoms with E-state index in [9.17, 15) is 0 Å². The van der Waals surface area contributed by atoms with Crippen molar-refractivity contribution < 1.29 is 4.74 Å². The van der Waals surface area contributed by atoms with Gasteiger partial charge in [0.15, 0.2) is 5.96 Å². The number of rotatable bonds is 6. The predicted molar refractivity (Wildman–Crippen MR) is 102 cm³/mol. The summed E-state index contributed by atoms with van der Waals surface area (Å²) in [4.78, 5) is 9.53. The van der Waals surface area contributed by atoms with E-state index in [1.165, 1.54) is 9.75 Å². The maximum atomic E-state index is 5.50. The van der Waals surface area contributed by atoms with Crippen LogP contribution in [0.15, 0.2) is 40.0 Å². The highest BCUT2D eigenvalue weighted by atomic mass is 32.1. The van der Waals surface area contributed by atoms with Gasteiger partial charge >= 0.3 is 0 Å². The molecule has 1 aliphatic rings. The molecule has 0 bridgehead atoms. The van der Waals surface area contributed by atoms with Crippen molar-refractivity contribution in [1.82, 2.24) is 15.5 Å². The zero-order valence-electron chi connectivity index (χ0n) is 13.9. The number of morpholine rings is 1. The standard InChI is InChI=1S/C17H24N4OS2/c1-18-17(19-12-14-4-2-10-23-14)20-13-15(16-5-3-11-24-16)21-6-8-22-9-7-21/h2-5,10-11,15H,6-9,12-13H2,1H3,(H2,18,19,20). The van der Waals surface area contributed by atoms with Gasteiger partial charge in [0.2, 0.25) is 0 Å². The van der Waals surface area contributed by atoms with Gasteiger partial charge in [0.25, 0.3) is 0 Å². The van der Waals surface area contributed by atoms with Gasteiger partial charge in [0.05, 0.1) is 25.8 Å². The Morgan fingerprint density at radius 3 is 2.67 bits per heavy atom. The lowest BCUT2D eigenvalue weighted by Gasteiger charge is -2.34. The molecule has 3 rings (SSSR count). The van der Waals surface area contributed by atoms with Gasteiger partial charge < -0.3 is 15.4 Å². The zero-order chi connectivity index (χ0) is 16.6. The van der Waals surface area contributed by atoms with Gasteiger partial charge in [-0.2, -0.15) is 0 Å². The van der Waals surface area contributed by atoms with Crippen molar-refractivity contribution in [2.24, 2.45) is 4.99 Å². The molecule has 2 aromatic heterocycles. The quantitative estimate of drug-likeness (QED) is 0.611. The normalized spacial score (nSPS) is 17.6. The van der Waals surface area contributed by atoms with Crippen LogP contribution in [0.5, 0.6) is 0 Å². The molecule has 3 heterocycles. The van der Waals surface area contributed by atoms with Crippen molar-refractivity contribution >= 4 is 28.6 Å². The summed E-state index contributed by atoms with van der Waals surface area (Å²) in [6.45, 7) is 5.22. The lowest BCUT2D eigenvalue weighted by molar-refractivity contribution is 0.0177. The van der Waals surface area contributed by atoms with Crippen LogP contribution in [-0.2, 0) is 11.3 Å².